The van der Waals surface area contributed by atoms with Gasteiger partial charge in [-0.25, -0.2) is 15.0 Å². The molecule has 1 saturated carbocycles. The average Bonchev–Trinajstić information content (AvgIpc) is 3.45. The molecule has 4 amide bonds. The smallest absolute Gasteiger partial charge is 0.407 e. The molecule has 0 unspecified atom stereocenters. The highest BCUT2D eigenvalue weighted by molar-refractivity contribution is 9.09. The lowest BCUT2D eigenvalue weighted by molar-refractivity contribution is -0.155. The first-order valence-electron chi connectivity index (χ1n) is 18.2. The van der Waals surface area contributed by atoms with Crippen molar-refractivity contribution in [1.29, 1.82) is 0 Å². The minimum Gasteiger partial charge on any atom is -0.460 e. The van der Waals surface area contributed by atoms with Gasteiger partial charge in [0, 0.05) is 30.3 Å². The second-order valence-electron chi connectivity index (χ2n) is 14.8. The van der Waals surface area contributed by atoms with Crippen molar-refractivity contribution in [2.45, 2.75) is 83.9 Å². The minimum absolute atomic E-state index is 0.0394. The lowest BCUT2D eigenvalue weighted by Crippen LogP contribution is -2.46. The molecular weight excluding hydrogens is 738 g/mol. The first kappa shape index (κ1) is 39.5. The normalized spacial score (nSPS) is 17.5. The van der Waals surface area contributed by atoms with E-state index < -0.39 is 29.7 Å². The van der Waals surface area contributed by atoms with Gasteiger partial charge in [0.2, 0.25) is 5.91 Å². The zero-order valence-corrected chi connectivity index (χ0v) is 32.5. The Morgan fingerprint density at radius 1 is 0.868 bits per heavy atom. The van der Waals surface area contributed by atoms with E-state index in [1.165, 1.54) is 5.56 Å². The van der Waals surface area contributed by atoms with Crippen LogP contribution in [0.15, 0.2) is 77.9 Å². The lowest BCUT2D eigenvalue weighted by atomic mass is 9.81. The number of alkyl carbamates (subject to hydrolysis) is 1. The van der Waals surface area contributed by atoms with Crippen molar-refractivity contribution in [3.8, 4) is 11.1 Å². The number of rotatable bonds is 13. The van der Waals surface area contributed by atoms with Crippen LogP contribution in [0.25, 0.3) is 11.1 Å². The van der Waals surface area contributed by atoms with Crippen molar-refractivity contribution in [1.82, 2.24) is 21.4 Å². The molecule has 1 atom stereocenters. The molecule has 2 aliphatic rings. The Morgan fingerprint density at radius 3 is 2.09 bits per heavy atom. The van der Waals surface area contributed by atoms with Gasteiger partial charge >= 0.3 is 18.1 Å². The molecule has 3 aromatic carbocycles. The fraction of sp³-hybridized carbons (Fsp3) is 0.439. The molecule has 0 bridgehead atoms. The molecule has 4 N–H and O–H groups in total. The Hall–Kier alpha value is -4.71. The lowest BCUT2D eigenvalue weighted by Gasteiger charge is -2.28. The number of esters is 1. The highest BCUT2D eigenvalue weighted by atomic mass is 79.9. The van der Waals surface area contributed by atoms with Gasteiger partial charge in [0.15, 0.2) is 0 Å². The quantitative estimate of drug-likeness (QED) is 0.0629. The SMILES string of the molecule is Cc1ccc(CNC(=O)C2CCC(CNC(=O)N/N=C(\CBr)[C@H](CC(=O)OC(C)(C)C)NC(=O)OCC3c4ccccc4-c4ccccc43)CC2)cc1. The molecule has 0 saturated heterocycles. The van der Waals surface area contributed by atoms with Crippen molar-refractivity contribution >= 4 is 45.6 Å². The molecule has 5 rings (SSSR count). The number of nitrogens with zero attached hydrogens (tertiary/aromatic N) is 1. The van der Waals surface area contributed by atoms with Gasteiger partial charge in [-0.1, -0.05) is 94.3 Å². The van der Waals surface area contributed by atoms with Gasteiger partial charge in [0.05, 0.1) is 18.2 Å². The number of halogens is 1. The summed E-state index contributed by atoms with van der Waals surface area (Å²) in [4.78, 5) is 51.7. The molecule has 0 aromatic heterocycles. The summed E-state index contributed by atoms with van der Waals surface area (Å²) in [5.74, 6) is -0.416. The number of urea groups is 1. The number of alkyl halides is 1. The standard InChI is InChI=1S/C41H50BrN5O6/c1-26-13-15-27(16-14-26)23-43-38(49)29-19-17-28(18-20-29)24-44-39(50)47-46-36(22-42)35(21-37(48)53-41(2,3)4)45-40(51)52-25-34-32-11-7-5-9-30(32)31-10-6-8-12-33(31)34/h5-16,28-29,34-35H,17-25H2,1-4H3,(H,43,49)(H,45,51)(H2,44,47,50)/b46-36+/t28?,29?,35-/m0/s1. The number of carbonyl (C=O) groups is 4. The van der Waals surface area contributed by atoms with Gasteiger partial charge in [-0.05, 0) is 87.1 Å². The number of hydrogen-bond acceptors (Lipinski definition) is 7. The van der Waals surface area contributed by atoms with Gasteiger partial charge in [-0.2, -0.15) is 5.10 Å². The van der Waals surface area contributed by atoms with E-state index in [9.17, 15) is 19.2 Å². The van der Waals surface area contributed by atoms with Crippen LogP contribution in [0.5, 0.6) is 0 Å². The van der Waals surface area contributed by atoms with Crippen molar-refractivity contribution < 1.29 is 28.7 Å². The third-order valence-electron chi connectivity index (χ3n) is 9.62. The predicted molar refractivity (Wildman–Crippen MR) is 209 cm³/mol. The van der Waals surface area contributed by atoms with Crippen LogP contribution in [0.3, 0.4) is 0 Å². The third-order valence-corrected chi connectivity index (χ3v) is 10.2. The number of hydrazone groups is 1. The van der Waals surface area contributed by atoms with E-state index in [2.05, 4.69) is 54.5 Å². The van der Waals surface area contributed by atoms with Gasteiger partial charge in [0.25, 0.3) is 0 Å². The molecule has 53 heavy (non-hydrogen) atoms. The minimum atomic E-state index is -0.924. The maximum Gasteiger partial charge on any atom is 0.407 e. The van der Waals surface area contributed by atoms with E-state index in [4.69, 9.17) is 9.47 Å². The highest BCUT2D eigenvalue weighted by Gasteiger charge is 2.31. The Balaban J connectivity index is 1.12. The number of nitrogens with one attached hydrogen (secondary N) is 4. The second kappa shape index (κ2) is 18.4. The molecule has 11 nitrogen and oxygen atoms in total. The van der Waals surface area contributed by atoms with Crippen LogP contribution in [-0.4, -0.2) is 59.8 Å². The second-order valence-corrected chi connectivity index (χ2v) is 15.4. The van der Waals surface area contributed by atoms with Crippen LogP contribution >= 0.6 is 15.9 Å². The summed E-state index contributed by atoms with van der Waals surface area (Å²) in [6.07, 6.45) is 2.21. The Labute approximate surface area is 320 Å². The summed E-state index contributed by atoms with van der Waals surface area (Å²) in [5.41, 5.74) is 8.72. The van der Waals surface area contributed by atoms with Crippen molar-refractivity contribution in [2.24, 2.45) is 16.9 Å². The van der Waals surface area contributed by atoms with E-state index in [1.807, 2.05) is 67.6 Å². The predicted octanol–water partition coefficient (Wildman–Crippen LogP) is 7.11. The monoisotopic (exact) mass is 787 g/mol. The maximum atomic E-state index is 13.2. The van der Waals surface area contributed by atoms with E-state index in [0.29, 0.717) is 18.8 Å². The summed E-state index contributed by atoms with van der Waals surface area (Å²) in [7, 11) is 0. The number of carbonyl (C=O) groups excluding carboxylic acids is 4. The summed E-state index contributed by atoms with van der Waals surface area (Å²) >= 11 is 3.40. The molecule has 0 radical (unpaired) electrons. The molecule has 282 valence electrons. The van der Waals surface area contributed by atoms with E-state index in [-0.39, 0.29) is 42.0 Å². The molecule has 1 fully saturated rings. The number of aryl methyl sites for hydroxylation is 1. The number of hydrogen-bond donors (Lipinski definition) is 4. The topological polar surface area (TPSA) is 147 Å². The van der Waals surface area contributed by atoms with Gasteiger partial charge in [0.1, 0.15) is 12.2 Å². The molecule has 0 spiro atoms. The number of ether oxygens (including phenoxy) is 2. The summed E-state index contributed by atoms with van der Waals surface area (Å²) < 4.78 is 11.3. The number of benzene rings is 3. The van der Waals surface area contributed by atoms with Crippen molar-refractivity contribution in [3.05, 3.63) is 95.1 Å². The zero-order valence-electron chi connectivity index (χ0n) is 30.9. The van der Waals surface area contributed by atoms with Gasteiger partial charge in [-0.3, -0.25) is 9.59 Å². The Morgan fingerprint density at radius 2 is 1.49 bits per heavy atom. The van der Waals surface area contributed by atoms with Gasteiger partial charge < -0.3 is 25.4 Å². The van der Waals surface area contributed by atoms with Crippen LogP contribution in [0.1, 0.15) is 81.0 Å². The van der Waals surface area contributed by atoms with Crippen LogP contribution in [0, 0.1) is 18.8 Å². The third kappa shape index (κ3) is 11.4. The largest absolute Gasteiger partial charge is 0.460 e. The van der Waals surface area contributed by atoms with Crippen LogP contribution in [0.4, 0.5) is 9.59 Å². The molecular formula is C41H50BrN5O6. The average molecular weight is 789 g/mol. The zero-order chi connectivity index (χ0) is 38.0. The van der Waals surface area contributed by atoms with Crippen molar-refractivity contribution in [3.63, 3.8) is 0 Å². The van der Waals surface area contributed by atoms with E-state index >= 15 is 0 Å². The van der Waals surface area contributed by atoms with Crippen LogP contribution in [0.2, 0.25) is 0 Å². The van der Waals surface area contributed by atoms with E-state index in [0.717, 1.165) is 53.5 Å². The summed E-state index contributed by atoms with van der Waals surface area (Å²) in [6.45, 7) is 8.36. The summed E-state index contributed by atoms with van der Waals surface area (Å²) in [5, 5.41) is 13.1. The van der Waals surface area contributed by atoms with Crippen LogP contribution < -0.4 is 21.4 Å². The Bertz CT molecular complexity index is 1740. The van der Waals surface area contributed by atoms with Crippen molar-refractivity contribution in [2.75, 3.05) is 18.5 Å². The highest BCUT2D eigenvalue weighted by Crippen LogP contribution is 2.44. The number of amides is 4. The van der Waals surface area contributed by atoms with E-state index in [1.54, 1.807) is 20.8 Å². The molecule has 12 heteroatoms. The summed E-state index contributed by atoms with van der Waals surface area (Å²) in [6, 6.07) is 22.8. The first-order chi connectivity index (χ1) is 25.4. The first-order valence-corrected chi connectivity index (χ1v) is 19.3. The van der Waals surface area contributed by atoms with Gasteiger partial charge in [-0.15, -0.1) is 0 Å². The maximum absolute atomic E-state index is 13.2. The molecule has 0 aliphatic heterocycles. The fourth-order valence-corrected chi connectivity index (χ4v) is 7.37. The molecule has 0 heterocycles. The van der Waals surface area contributed by atoms with Crippen LogP contribution in [-0.2, 0) is 25.6 Å². The Kier molecular flexibility index (Phi) is 13.7. The fourth-order valence-electron chi connectivity index (χ4n) is 6.85. The molecule has 2 aliphatic carbocycles. The molecule has 3 aromatic rings. The number of fused-ring (bicyclic) bond motifs is 3.